The Kier molecular flexibility index (Phi) is 4.33. The summed E-state index contributed by atoms with van der Waals surface area (Å²) < 4.78 is 14.2. The van der Waals surface area contributed by atoms with E-state index in [9.17, 15) is 9.50 Å². The van der Waals surface area contributed by atoms with Crippen LogP contribution in [-0.4, -0.2) is 17.3 Å². The third-order valence-corrected chi connectivity index (χ3v) is 3.30. The predicted octanol–water partition coefficient (Wildman–Crippen LogP) is 3.41. The molecule has 0 radical (unpaired) electrons. The molecule has 0 heterocycles. The number of hydrogen-bond acceptors (Lipinski definition) is 2. The van der Waals surface area contributed by atoms with E-state index in [1.54, 1.807) is 19.1 Å². The fourth-order valence-corrected chi connectivity index (χ4v) is 1.47. The van der Waals surface area contributed by atoms with E-state index in [4.69, 9.17) is 0 Å². The molecule has 0 aromatic heterocycles. The second kappa shape index (κ2) is 5.15. The third kappa shape index (κ3) is 3.46. The van der Waals surface area contributed by atoms with Crippen LogP contribution in [0.2, 0.25) is 0 Å². The summed E-state index contributed by atoms with van der Waals surface area (Å²) in [7, 11) is 0. The molecule has 0 spiro atoms. The van der Waals surface area contributed by atoms with Gasteiger partial charge in [0.2, 0.25) is 0 Å². The lowest BCUT2D eigenvalue weighted by Gasteiger charge is -2.28. The fourth-order valence-electron chi connectivity index (χ4n) is 1.11. The highest BCUT2D eigenvalue weighted by atomic mass is 79.9. The molecular weight excluding hydrogens is 273 g/mol. The number of rotatable bonds is 4. The van der Waals surface area contributed by atoms with E-state index >= 15 is 0 Å². The Bertz CT molecular complexity index is 366. The zero-order valence-electron chi connectivity index (χ0n) is 9.72. The van der Waals surface area contributed by atoms with E-state index in [1.165, 1.54) is 6.07 Å². The Morgan fingerprint density at radius 2 is 2.12 bits per heavy atom. The van der Waals surface area contributed by atoms with Gasteiger partial charge in [-0.05, 0) is 31.0 Å². The Labute approximate surface area is 104 Å². The van der Waals surface area contributed by atoms with E-state index in [2.05, 4.69) is 21.2 Å². The number of aliphatic hydroxyl groups is 1. The maximum atomic E-state index is 13.4. The molecule has 0 saturated carbocycles. The lowest BCUT2D eigenvalue weighted by atomic mass is 9.92. The van der Waals surface area contributed by atoms with Crippen LogP contribution >= 0.6 is 15.9 Å². The largest absolute Gasteiger partial charge is 0.388 e. The van der Waals surface area contributed by atoms with Crippen LogP contribution in [0.3, 0.4) is 0 Å². The topological polar surface area (TPSA) is 32.3 Å². The fraction of sp³-hybridized carbons (Fsp3) is 0.500. The molecule has 4 heteroatoms. The van der Waals surface area contributed by atoms with Gasteiger partial charge < -0.3 is 10.4 Å². The van der Waals surface area contributed by atoms with Gasteiger partial charge in [-0.3, -0.25) is 0 Å². The Morgan fingerprint density at radius 3 is 2.69 bits per heavy atom. The summed E-state index contributed by atoms with van der Waals surface area (Å²) in [5.41, 5.74) is -0.454. The van der Waals surface area contributed by atoms with Crippen LogP contribution in [0.25, 0.3) is 0 Å². The predicted molar refractivity (Wildman–Crippen MR) is 68.1 cm³/mol. The number of hydrogen-bond donors (Lipinski definition) is 2. The van der Waals surface area contributed by atoms with Crippen molar-refractivity contribution in [1.29, 1.82) is 0 Å². The van der Waals surface area contributed by atoms with Crippen molar-refractivity contribution in [3.63, 3.8) is 0 Å². The van der Waals surface area contributed by atoms with Crippen LogP contribution in [-0.2, 0) is 0 Å². The minimum absolute atomic E-state index is 0.107. The highest BCUT2D eigenvalue weighted by molar-refractivity contribution is 9.10. The summed E-state index contributed by atoms with van der Waals surface area (Å²) in [4.78, 5) is 0. The smallest absolute Gasteiger partial charge is 0.146 e. The first-order valence-electron chi connectivity index (χ1n) is 5.24. The highest BCUT2D eigenvalue weighted by Crippen LogP contribution is 2.22. The van der Waals surface area contributed by atoms with Crippen molar-refractivity contribution in [2.45, 2.75) is 26.4 Å². The monoisotopic (exact) mass is 289 g/mol. The standard InChI is InChI=1S/C12H17BrFNO/c1-8(2)12(3,16)7-15-11-6-9(13)4-5-10(11)14/h4-6,8,15-16H,7H2,1-3H3. The Balaban J connectivity index is 2.71. The summed E-state index contributed by atoms with van der Waals surface area (Å²) in [6.45, 7) is 5.91. The van der Waals surface area contributed by atoms with Gasteiger partial charge in [-0.25, -0.2) is 4.39 Å². The maximum absolute atomic E-state index is 13.4. The molecule has 1 atom stereocenters. The Hall–Kier alpha value is -0.610. The van der Waals surface area contributed by atoms with Crippen LogP contribution in [0, 0.1) is 11.7 Å². The maximum Gasteiger partial charge on any atom is 0.146 e. The van der Waals surface area contributed by atoms with Crippen LogP contribution < -0.4 is 5.32 Å². The lowest BCUT2D eigenvalue weighted by molar-refractivity contribution is 0.0266. The molecule has 90 valence electrons. The number of halogens is 2. The molecule has 1 aromatic carbocycles. The van der Waals surface area contributed by atoms with Crippen LogP contribution in [0.15, 0.2) is 22.7 Å². The van der Waals surface area contributed by atoms with Crippen molar-refractivity contribution in [1.82, 2.24) is 0 Å². The van der Waals surface area contributed by atoms with E-state index in [0.29, 0.717) is 12.2 Å². The van der Waals surface area contributed by atoms with Crippen molar-refractivity contribution >= 4 is 21.6 Å². The summed E-state index contributed by atoms with van der Waals surface area (Å²) in [5.74, 6) is -0.210. The van der Waals surface area contributed by atoms with Gasteiger partial charge in [-0.15, -0.1) is 0 Å². The SMILES string of the molecule is CC(C)C(C)(O)CNc1cc(Br)ccc1F. The van der Waals surface area contributed by atoms with E-state index in [-0.39, 0.29) is 11.7 Å². The van der Waals surface area contributed by atoms with Gasteiger partial charge in [-0.2, -0.15) is 0 Å². The van der Waals surface area contributed by atoms with Crippen molar-refractivity contribution in [3.8, 4) is 0 Å². The quantitative estimate of drug-likeness (QED) is 0.890. The summed E-state index contributed by atoms with van der Waals surface area (Å²) in [6.07, 6.45) is 0. The van der Waals surface area contributed by atoms with Gasteiger partial charge >= 0.3 is 0 Å². The van der Waals surface area contributed by atoms with E-state index in [0.717, 1.165) is 4.47 Å². The molecule has 0 amide bonds. The van der Waals surface area contributed by atoms with Crippen molar-refractivity contribution in [3.05, 3.63) is 28.5 Å². The van der Waals surface area contributed by atoms with Gasteiger partial charge in [0.05, 0.1) is 11.3 Å². The first-order chi connectivity index (χ1) is 7.33. The van der Waals surface area contributed by atoms with E-state index in [1.807, 2.05) is 13.8 Å². The first-order valence-corrected chi connectivity index (χ1v) is 6.03. The zero-order valence-corrected chi connectivity index (χ0v) is 11.3. The number of benzene rings is 1. The molecule has 1 unspecified atom stereocenters. The summed E-state index contributed by atoms with van der Waals surface area (Å²) >= 11 is 3.28. The van der Waals surface area contributed by atoms with Crippen LogP contribution in [0.4, 0.5) is 10.1 Å². The number of nitrogens with one attached hydrogen (secondary N) is 1. The summed E-state index contributed by atoms with van der Waals surface area (Å²) in [5, 5.41) is 12.9. The van der Waals surface area contributed by atoms with Crippen molar-refractivity contribution in [2.75, 3.05) is 11.9 Å². The van der Waals surface area contributed by atoms with Crippen LogP contribution in [0.5, 0.6) is 0 Å². The molecule has 0 aliphatic rings. The average Bonchev–Trinajstić information content (AvgIpc) is 2.19. The van der Waals surface area contributed by atoms with Crippen molar-refractivity contribution < 1.29 is 9.50 Å². The molecule has 0 bridgehead atoms. The van der Waals surface area contributed by atoms with Gasteiger partial charge in [0.15, 0.2) is 0 Å². The highest BCUT2D eigenvalue weighted by Gasteiger charge is 2.24. The molecule has 2 nitrogen and oxygen atoms in total. The normalized spacial score (nSPS) is 14.9. The second-order valence-corrected chi connectivity index (χ2v) is 5.41. The van der Waals surface area contributed by atoms with Crippen molar-refractivity contribution in [2.24, 2.45) is 5.92 Å². The average molecular weight is 290 g/mol. The first kappa shape index (κ1) is 13.5. The van der Waals surface area contributed by atoms with Gasteiger partial charge in [0.25, 0.3) is 0 Å². The molecule has 0 aliphatic heterocycles. The minimum Gasteiger partial charge on any atom is -0.388 e. The number of anilines is 1. The third-order valence-electron chi connectivity index (χ3n) is 2.81. The van der Waals surface area contributed by atoms with Crippen LogP contribution in [0.1, 0.15) is 20.8 Å². The zero-order chi connectivity index (χ0) is 12.3. The van der Waals surface area contributed by atoms with E-state index < -0.39 is 5.60 Å². The summed E-state index contributed by atoms with van der Waals surface area (Å²) in [6, 6.07) is 4.68. The molecule has 16 heavy (non-hydrogen) atoms. The Morgan fingerprint density at radius 1 is 1.50 bits per heavy atom. The molecule has 1 aromatic rings. The molecule has 0 saturated heterocycles. The minimum atomic E-state index is -0.852. The lowest BCUT2D eigenvalue weighted by Crippen LogP contribution is -2.38. The van der Waals surface area contributed by atoms with Gasteiger partial charge in [0.1, 0.15) is 5.82 Å². The molecule has 2 N–H and O–H groups in total. The molecule has 0 aliphatic carbocycles. The van der Waals surface area contributed by atoms with Gasteiger partial charge in [0, 0.05) is 11.0 Å². The molecular formula is C12H17BrFNO. The van der Waals surface area contributed by atoms with Gasteiger partial charge in [-0.1, -0.05) is 29.8 Å². The molecule has 0 fully saturated rings. The second-order valence-electron chi connectivity index (χ2n) is 4.49. The molecule has 1 rings (SSSR count).